The molecule has 6 unspecified atom stereocenters. The number of hydrogen-bond acceptors (Lipinski definition) is 10. The number of Topliss-reactive ketones (excluding diaryl/α,β-unsaturated/α-hetero) is 1. The molecule has 11 heteroatoms. The van der Waals surface area contributed by atoms with E-state index in [2.05, 4.69) is 77.4 Å². The van der Waals surface area contributed by atoms with E-state index in [9.17, 15) is 9.59 Å². The van der Waals surface area contributed by atoms with Gasteiger partial charge in [-0.1, -0.05) is 6.92 Å². The molecule has 306 valence electrons. The van der Waals surface area contributed by atoms with Crippen molar-refractivity contribution in [2.45, 2.75) is 185 Å². The van der Waals surface area contributed by atoms with Gasteiger partial charge in [-0.2, -0.15) is 0 Å². The fourth-order valence-electron chi connectivity index (χ4n) is 11.5. The van der Waals surface area contributed by atoms with Gasteiger partial charge in [0, 0.05) is 113 Å². The Balaban J connectivity index is 0.746. The third-order valence-corrected chi connectivity index (χ3v) is 15.1. The summed E-state index contributed by atoms with van der Waals surface area (Å²) in [5, 5.41) is 3.08. The number of aromatic nitrogens is 4. The second-order valence-corrected chi connectivity index (χ2v) is 19.2. The summed E-state index contributed by atoms with van der Waals surface area (Å²) in [5.41, 5.74) is 2.52. The molecule has 0 aromatic carbocycles. The number of piperazine rings is 2. The van der Waals surface area contributed by atoms with Crippen LogP contribution in [0.25, 0.3) is 0 Å². The monoisotopic (exact) mass is 768 g/mol. The minimum atomic E-state index is 0.0700. The molecule has 6 aliphatic rings. The minimum Gasteiger partial charge on any atom is -0.354 e. The molecule has 1 amide bonds. The molecule has 0 radical (unpaired) electrons. The second kappa shape index (κ2) is 17.4. The summed E-state index contributed by atoms with van der Waals surface area (Å²) in [6, 6.07) is 3.36. The number of nitrogens with zero attached hydrogens (tertiary/aromatic N) is 8. The number of carbonyl (C=O) groups excluding carboxylic acids is 2. The molecule has 11 nitrogen and oxygen atoms in total. The first-order chi connectivity index (χ1) is 27.1. The lowest BCUT2D eigenvalue weighted by molar-refractivity contribution is -0.124. The molecule has 2 aromatic rings. The van der Waals surface area contributed by atoms with E-state index < -0.39 is 0 Å². The number of anilines is 2. The smallest absolute Gasteiger partial charge is 0.225 e. The molecule has 2 saturated carbocycles. The van der Waals surface area contributed by atoms with Crippen molar-refractivity contribution >= 4 is 23.6 Å². The van der Waals surface area contributed by atoms with Gasteiger partial charge in [-0.25, -0.2) is 19.9 Å². The lowest BCUT2D eigenvalue weighted by Crippen LogP contribution is -2.56. The number of amides is 1. The maximum absolute atomic E-state index is 13.5. The van der Waals surface area contributed by atoms with Crippen LogP contribution >= 0.6 is 0 Å². The first kappa shape index (κ1) is 39.6. The van der Waals surface area contributed by atoms with Crippen LogP contribution in [0.15, 0.2) is 24.8 Å². The summed E-state index contributed by atoms with van der Waals surface area (Å²) in [6.07, 6.45) is 24.7. The topological polar surface area (TPSA) is 111 Å². The first-order valence-electron chi connectivity index (χ1n) is 22.6. The molecule has 6 atom stereocenters. The Kier molecular flexibility index (Phi) is 12.3. The number of likely N-dealkylation sites (tertiary alicyclic amines) is 2. The van der Waals surface area contributed by atoms with Gasteiger partial charge in [0.05, 0.1) is 0 Å². The van der Waals surface area contributed by atoms with Crippen LogP contribution in [0.5, 0.6) is 0 Å². The molecule has 8 rings (SSSR count). The van der Waals surface area contributed by atoms with Crippen molar-refractivity contribution in [2.75, 3.05) is 36.0 Å². The Bertz CT molecular complexity index is 1590. The first-order valence-corrected chi connectivity index (χ1v) is 22.6. The third kappa shape index (κ3) is 8.79. The highest BCUT2D eigenvalue weighted by Gasteiger charge is 2.43. The van der Waals surface area contributed by atoms with E-state index in [0.29, 0.717) is 65.8 Å². The fourth-order valence-corrected chi connectivity index (χ4v) is 11.5. The zero-order valence-corrected chi connectivity index (χ0v) is 35.0. The number of rotatable bonds is 13. The largest absolute Gasteiger partial charge is 0.354 e. The number of ketones is 1. The Morgan fingerprint density at radius 3 is 1.52 bits per heavy atom. The van der Waals surface area contributed by atoms with Gasteiger partial charge in [0.2, 0.25) is 17.8 Å². The van der Waals surface area contributed by atoms with Gasteiger partial charge in [-0.3, -0.25) is 19.4 Å². The fraction of sp³-hybridized carbons (Fsp3) is 0.778. The van der Waals surface area contributed by atoms with Crippen molar-refractivity contribution in [1.29, 1.82) is 0 Å². The maximum atomic E-state index is 13.5. The van der Waals surface area contributed by atoms with Crippen molar-refractivity contribution in [3.63, 3.8) is 0 Å². The summed E-state index contributed by atoms with van der Waals surface area (Å²) in [7, 11) is 0. The summed E-state index contributed by atoms with van der Waals surface area (Å²) < 4.78 is 0. The van der Waals surface area contributed by atoms with Crippen LogP contribution in [0.2, 0.25) is 0 Å². The predicted molar refractivity (Wildman–Crippen MR) is 222 cm³/mol. The van der Waals surface area contributed by atoms with E-state index in [1.165, 1.54) is 36.8 Å². The van der Waals surface area contributed by atoms with Crippen molar-refractivity contribution in [3.05, 3.63) is 35.9 Å². The quantitative estimate of drug-likeness (QED) is 0.232. The van der Waals surface area contributed by atoms with E-state index in [0.717, 1.165) is 109 Å². The van der Waals surface area contributed by atoms with Gasteiger partial charge in [-0.15, -0.1) is 0 Å². The average molecular weight is 768 g/mol. The van der Waals surface area contributed by atoms with Gasteiger partial charge in [-0.05, 0) is 140 Å². The molecule has 0 spiro atoms. The summed E-state index contributed by atoms with van der Waals surface area (Å²) >= 11 is 0. The highest BCUT2D eigenvalue weighted by Crippen LogP contribution is 2.40. The zero-order valence-electron chi connectivity index (χ0n) is 35.0. The Morgan fingerprint density at radius 1 is 0.625 bits per heavy atom. The molecule has 4 saturated heterocycles. The number of carbonyl (C=O) groups is 2. The molecule has 4 bridgehead atoms. The average Bonchev–Trinajstić information content (AvgIpc) is 3.62. The van der Waals surface area contributed by atoms with Crippen LogP contribution < -0.4 is 15.1 Å². The normalized spacial score (nSPS) is 32.1. The Labute approximate surface area is 336 Å². The molecule has 4 aliphatic heterocycles. The minimum absolute atomic E-state index is 0.0700. The lowest BCUT2D eigenvalue weighted by atomic mass is 9.76. The Hall–Kier alpha value is -3.18. The van der Waals surface area contributed by atoms with Gasteiger partial charge >= 0.3 is 0 Å². The highest BCUT2D eigenvalue weighted by atomic mass is 16.1. The van der Waals surface area contributed by atoms with Crippen LogP contribution in [0.1, 0.15) is 154 Å². The van der Waals surface area contributed by atoms with Crippen LogP contribution in [-0.2, 0) is 9.59 Å². The highest BCUT2D eigenvalue weighted by molar-refractivity contribution is 5.80. The molecular weight excluding hydrogens is 699 g/mol. The molecule has 6 fully saturated rings. The van der Waals surface area contributed by atoms with E-state index in [1.807, 2.05) is 0 Å². The summed E-state index contributed by atoms with van der Waals surface area (Å²) in [6.45, 7) is 15.1. The second-order valence-electron chi connectivity index (χ2n) is 19.2. The molecule has 56 heavy (non-hydrogen) atoms. The number of hydrogen-bond donors (Lipinski definition) is 1. The van der Waals surface area contributed by atoms with Crippen molar-refractivity contribution in [3.8, 4) is 0 Å². The summed E-state index contributed by atoms with van der Waals surface area (Å²) in [4.78, 5) is 54.9. The molecule has 2 aliphatic carbocycles. The van der Waals surface area contributed by atoms with E-state index in [-0.39, 0.29) is 11.8 Å². The molecule has 2 aromatic heterocycles. The maximum Gasteiger partial charge on any atom is 0.225 e. The van der Waals surface area contributed by atoms with Crippen molar-refractivity contribution in [2.24, 2.45) is 11.8 Å². The Morgan fingerprint density at radius 2 is 1.07 bits per heavy atom. The predicted octanol–water partition coefficient (Wildman–Crippen LogP) is 6.88. The van der Waals surface area contributed by atoms with E-state index in [4.69, 9.17) is 19.9 Å². The number of fused-ring (bicyclic) bond motifs is 4. The van der Waals surface area contributed by atoms with Crippen molar-refractivity contribution in [1.82, 2.24) is 35.1 Å². The van der Waals surface area contributed by atoms with Gasteiger partial charge in [0.25, 0.3) is 0 Å². The van der Waals surface area contributed by atoms with Gasteiger partial charge < -0.3 is 15.1 Å². The molecule has 6 heterocycles. The van der Waals surface area contributed by atoms with Crippen LogP contribution in [0, 0.1) is 11.8 Å². The van der Waals surface area contributed by atoms with E-state index >= 15 is 0 Å². The third-order valence-electron chi connectivity index (χ3n) is 15.1. The zero-order chi connectivity index (χ0) is 38.9. The van der Waals surface area contributed by atoms with Crippen LogP contribution in [-0.4, -0.2) is 110 Å². The van der Waals surface area contributed by atoms with E-state index in [1.54, 1.807) is 6.92 Å². The lowest BCUT2D eigenvalue weighted by Gasteiger charge is -2.43. The number of nitrogens with one attached hydrogen (secondary N) is 1. The molecule has 1 N–H and O–H groups in total. The molecular formula is C45H69N9O2. The van der Waals surface area contributed by atoms with Gasteiger partial charge in [0.15, 0.2) is 0 Å². The van der Waals surface area contributed by atoms with Crippen LogP contribution in [0.4, 0.5) is 11.9 Å². The van der Waals surface area contributed by atoms with Crippen molar-refractivity contribution < 1.29 is 9.59 Å². The van der Waals surface area contributed by atoms with Gasteiger partial charge in [0.1, 0.15) is 5.78 Å². The SMILES string of the molecule is CC(=O)NC1CCC(c2cnc(N3C4CCC3CN(C(C)CCC(C)C(=O)CC3CCC(c5cnc(N6C7CCC6CN(C(C)C)C7)nc5)CC3)C4)nc2)CC1. The van der Waals surface area contributed by atoms with Crippen LogP contribution in [0.3, 0.4) is 0 Å². The standard InChI is InChI=1S/C45H69N9O2/c1-29(2)51-25-39-16-17-40(26-51)53(39)44-46-21-36(22-47-44)34-10-8-33(9-11-34)20-43(56)30(3)6-7-31(4)52-27-41-18-19-42(28-52)54(41)45-48-23-37(24-49-45)35-12-14-38(15-13-35)50-32(5)55/h21-24,29-31,33-35,38-42H,6-20,25-28H2,1-5H3,(H,50,55). The summed E-state index contributed by atoms with van der Waals surface area (Å²) in [5.74, 6) is 3.97.